The van der Waals surface area contributed by atoms with E-state index in [0.717, 1.165) is 24.5 Å². The summed E-state index contributed by atoms with van der Waals surface area (Å²) in [7, 11) is 3.44. The van der Waals surface area contributed by atoms with Gasteiger partial charge in [0.05, 0.1) is 10.6 Å². The predicted molar refractivity (Wildman–Crippen MR) is 112 cm³/mol. The van der Waals surface area contributed by atoms with Crippen LogP contribution < -0.4 is 20.1 Å². The van der Waals surface area contributed by atoms with Gasteiger partial charge in [0.25, 0.3) is 0 Å². The molecule has 2 N–H and O–H groups in total. The molecule has 1 aliphatic rings. The van der Waals surface area contributed by atoms with Gasteiger partial charge in [-0.15, -0.1) is 24.0 Å². The van der Waals surface area contributed by atoms with Crippen molar-refractivity contribution < 1.29 is 14.2 Å². The molecular formula is C17H27ClIN3O3. The minimum atomic E-state index is -0.249. The second kappa shape index (κ2) is 10.3. The Morgan fingerprint density at radius 2 is 2.00 bits per heavy atom. The van der Waals surface area contributed by atoms with Gasteiger partial charge in [0.1, 0.15) is 13.2 Å². The molecule has 0 aliphatic carbocycles. The first-order valence-electron chi connectivity index (χ1n) is 8.03. The van der Waals surface area contributed by atoms with Gasteiger partial charge in [-0.3, -0.25) is 4.99 Å². The zero-order valence-corrected chi connectivity index (χ0v) is 18.2. The number of halogens is 2. The van der Waals surface area contributed by atoms with Crippen molar-refractivity contribution in [2.45, 2.75) is 25.9 Å². The zero-order chi connectivity index (χ0) is 17.6. The molecule has 0 unspecified atom stereocenters. The highest BCUT2D eigenvalue weighted by Gasteiger charge is 2.17. The van der Waals surface area contributed by atoms with E-state index in [1.54, 1.807) is 14.2 Å². The Morgan fingerprint density at radius 3 is 2.68 bits per heavy atom. The van der Waals surface area contributed by atoms with Gasteiger partial charge in [-0.2, -0.15) is 0 Å². The van der Waals surface area contributed by atoms with Crippen LogP contribution in [-0.4, -0.2) is 52.0 Å². The lowest BCUT2D eigenvalue weighted by molar-refractivity contribution is 0.0268. The number of guanidine groups is 1. The van der Waals surface area contributed by atoms with Gasteiger partial charge < -0.3 is 24.8 Å². The van der Waals surface area contributed by atoms with Crippen LogP contribution in [0.3, 0.4) is 0 Å². The fraction of sp³-hybridized carbons (Fsp3) is 0.588. The lowest BCUT2D eigenvalue weighted by atomic mass is 10.1. The molecular weight excluding hydrogens is 457 g/mol. The molecule has 25 heavy (non-hydrogen) atoms. The number of fused-ring (bicyclic) bond motifs is 1. The molecule has 6 nitrogen and oxygen atoms in total. The number of benzene rings is 1. The van der Waals surface area contributed by atoms with E-state index in [9.17, 15) is 0 Å². The molecule has 0 amide bonds. The van der Waals surface area contributed by atoms with Crippen LogP contribution in [0.1, 0.15) is 19.4 Å². The van der Waals surface area contributed by atoms with E-state index >= 15 is 0 Å². The number of nitrogens with one attached hydrogen (secondary N) is 2. The van der Waals surface area contributed by atoms with Gasteiger partial charge >= 0.3 is 0 Å². The van der Waals surface area contributed by atoms with E-state index in [1.165, 1.54) is 0 Å². The molecule has 1 aromatic rings. The summed E-state index contributed by atoms with van der Waals surface area (Å²) in [6, 6.07) is 3.90. The highest BCUT2D eigenvalue weighted by molar-refractivity contribution is 14.0. The van der Waals surface area contributed by atoms with Crippen molar-refractivity contribution in [2.24, 2.45) is 4.99 Å². The molecule has 0 spiro atoms. The quantitative estimate of drug-likeness (QED) is 0.370. The molecule has 1 aromatic carbocycles. The van der Waals surface area contributed by atoms with Gasteiger partial charge in [0.15, 0.2) is 17.5 Å². The lowest BCUT2D eigenvalue weighted by Crippen LogP contribution is -2.45. The summed E-state index contributed by atoms with van der Waals surface area (Å²) in [5.74, 6) is 2.09. The molecule has 8 heteroatoms. The fourth-order valence-electron chi connectivity index (χ4n) is 2.22. The molecule has 1 heterocycles. The maximum Gasteiger partial charge on any atom is 0.191 e. The van der Waals surface area contributed by atoms with Crippen molar-refractivity contribution in [3.63, 3.8) is 0 Å². The van der Waals surface area contributed by atoms with Gasteiger partial charge in [-0.25, -0.2) is 0 Å². The van der Waals surface area contributed by atoms with Crippen LogP contribution in [0, 0.1) is 0 Å². The van der Waals surface area contributed by atoms with E-state index in [1.807, 2.05) is 26.0 Å². The van der Waals surface area contributed by atoms with Crippen molar-refractivity contribution in [1.82, 2.24) is 10.6 Å². The van der Waals surface area contributed by atoms with E-state index in [2.05, 4.69) is 15.6 Å². The molecule has 0 radical (unpaired) electrons. The number of ether oxygens (including phenoxy) is 3. The van der Waals surface area contributed by atoms with Crippen LogP contribution in [0.2, 0.25) is 5.02 Å². The van der Waals surface area contributed by atoms with Gasteiger partial charge in [0, 0.05) is 27.2 Å². The molecule has 142 valence electrons. The Kier molecular flexibility index (Phi) is 9.09. The van der Waals surface area contributed by atoms with Crippen LogP contribution in [-0.2, 0) is 11.2 Å². The third-order valence-corrected chi connectivity index (χ3v) is 4.10. The Hall–Kier alpha value is -0.930. The Bertz CT molecular complexity index is 597. The number of nitrogens with zero attached hydrogens (tertiary/aromatic N) is 1. The Balaban J connectivity index is 0.00000312. The molecule has 1 aliphatic heterocycles. The molecule has 0 aromatic heterocycles. The third-order valence-electron chi connectivity index (χ3n) is 3.82. The average Bonchev–Trinajstić information content (AvgIpc) is 2.58. The maximum absolute atomic E-state index is 6.26. The maximum atomic E-state index is 6.26. The van der Waals surface area contributed by atoms with Crippen molar-refractivity contribution in [3.8, 4) is 11.5 Å². The molecule has 0 bridgehead atoms. The largest absolute Gasteiger partial charge is 0.486 e. The van der Waals surface area contributed by atoms with Crippen molar-refractivity contribution in [2.75, 3.05) is 40.5 Å². The van der Waals surface area contributed by atoms with Crippen LogP contribution in [0.4, 0.5) is 0 Å². The first-order chi connectivity index (χ1) is 11.4. The molecule has 0 fully saturated rings. The van der Waals surface area contributed by atoms with Crippen LogP contribution in [0.5, 0.6) is 11.5 Å². The van der Waals surface area contributed by atoms with Gasteiger partial charge in [-0.1, -0.05) is 11.6 Å². The second-order valence-corrected chi connectivity index (χ2v) is 6.58. The number of hydrogen-bond acceptors (Lipinski definition) is 4. The summed E-state index contributed by atoms with van der Waals surface area (Å²) in [4.78, 5) is 4.21. The highest BCUT2D eigenvalue weighted by atomic mass is 127. The van der Waals surface area contributed by atoms with Crippen LogP contribution in [0.25, 0.3) is 0 Å². The number of rotatable bonds is 6. The fourth-order valence-corrected chi connectivity index (χ4v) is 2.51. The standard InChI is InChI=1S/C17H26ClN3O3.HI/c1-17(2,22-4)11-21-16(19-3)20-6-5-12-9-13(18)15-14(10-12)23-7-8-24-15;/h9-10H,5-8,11H2,1-4H3,(H2,19,20,21);1H. The molecule has 0 saturated heterocycles. The smallest absolute Gasteiger partial charge is 0.191 e. The molecule has 2 rings (SSSR count). The molecule has 0 atom stereocenters. The summed E-state index contributed by atoms with van der Waals surface area (Å²) >= 11 is 6.26. The monoisotopic (exact) mass is 483 g/mol. The Labute approximate surface area is 171 Å². The summed E-state index contributed by atoms with van der Waals surface area (Å²) in [5, 5.41) is 7.12. The minimum Gasteiger partial charge on any atom is -0.486 e. The number of aliphatic imine (C=N–C) groups is 1. The topological polar surface area (TPSA) is 64.1 Å². The lowest BCUT2D eigenvalue weighted by Gasteiger charge is -2.24. The zero-order valence-electron chi connectivity index (χ0n) is 15.1. The van der Waals surface area contributed by atoms with Crippen LogP contribution >= 0.6 is 35.6 Å². The van der Waals surface area contributed by atoms with E-state index in [-0.39, 0.29) is 29.6 Å². The Morgan fingerprint density at radius 1 is 1.28 bits per heavy atom. The van der Waals surface area contributed by atoms with Crippen molar-refractivity contribution >= 4 is 41.5 Å². The molecule has 0 saturated carbocycles. The van der Waals surface area contributed by atoms with Crippen molar-refractivity contribution in [3.05, 3.63) is 22.7 Å². The summed E-state index contributed by atoms with van der Waals surface area (Å²) < 4.78 is 16.5. The second-order valence-electron chi connectivity index (χ2n) is 6.17. The van der Waals surface area contributed by atoms with Crippen LogP contribution in [0.15, 0.2) is 17.1 Å². The van der Waals surface area contributed by atoms with Crippen molar-refractivity contribution in [1.29, 1.82) is 0 Å². The number of hydrogen-bond donors (Lipinski definition) is 2. The first kappa shape index (κ1) is 22.1. The number of methoxy groups -OCH3 is 1. The predicted octanol–water partition coefficient (Wildman–Crippen LogP) is 2.86. The van der Waals surface area contributed by atoms with Gasteiger partial charge in [0.2, 0.25) is 0 Å². The normalized spacial score (nSPS) is 13.9. The summed E-state index contributed by atoms with van der Waals surface area (Å²) in [6.45, 7) is 6.52. The highest BCUT2D eigenvalue weighted by Crippen LogP contribution is 2.38. The average molecular weight is 484 g/mol. The van der Waals surface area contributed by atoms with E-state index < -0.39 is 0 Å². The minimum absolute atomic E-state index is 0. The summed E-state index contributed by atoms with van der Waals surface area (Å²) in [5.41, 5.74) is 0.838. The first-order valence-corrected chi connectivity index (χ1v) is 8.40. The summed E-state index contributed by atoms with van der Waals surface area (Å²) in [6.07, 6.45) is 0.796. The van der Waals surface area contributed by atoms with E-state index in [0.29, 0.717) is 36.3 Å². The third kappa shape index (κ3) is 6.71. The SMILES string of the molecule is CN=C(NCCc1cc(Cl)c2c(c1)OCCO2)NCC(C)(C)OC.I. The van der Waals surface area contributed by atoms with E-state index in [4.69, 9.17) is 25.8 Å². The van der Waals surface area contributed by atoms with Gasteiger partial charge in [-0.05, 0) is 38.0 Å².